The molecule has 8 nitrogen and oxygen atoms in total. The fourth-order valence-electron chi connectivity index (χ4n) is 4.14. The van der Waals surface area contributed by atoms with Gasteiger partial charge in [0.25, 0.3) is 10.0 Å². The van der Waals surface area contributed by atoms with Crippen molar-refractivity contribution in [2.75, 3.05) is 29.4 Å². The van der Waals surface area contributed by atoms with Gasteiger partial charge < -0.3 is 5.32 Å². The molecule has 1 amide bonds. The fourth-order valence-corrected chi connectivity index (χ4v) is 7.31. The van der Waals surface area contributed by atoms with Crippen LogP contribution in [0.5, 0.6) is 0 Å². The van der Waals surface area contributed by atoms with Crippen LogP contribution in [0.3, 0.4) is 0 Å². The minimum absolute atomic E-state index is 0.0407. The van der Waals surface area contributed by atoms with Crippen LogP contribution in [-0.2, 0) is 24.8 Å². The van der Waals surface area contributed by atoms with Crippen LogP contribution in [0.1, 0.15) is 18.4 Å². The summed E-state index contributed by atoms with van der Waals surface area (Å²) in [4.78, 5) is 14.1. The van der Waals surface area contributed by atoms with Crippen molar-refractivity contribution in [3.05, 3.63) is 77.3 Å². The molecule has 0 radical (unpaired) electrons. The number of hydrogen-bond donors (Lipinski definition) is 2. The summed E-state index contributed by atoms with van der Waals surface area (Å²) in [6.07, 6.45) is 2.71. The molecule has 1 aliphatic heterocycles. The van der Waals surface area contributed by atoms with Crippen molar-refractivity contribution in [2.24, 2.45) is 5.92 Å². The van der Waals surface area contributed by atoms with Crippen LogP contribution in [0.25, 0.3) is 0 Å². The molecule has 1 aliphatic rings. The van der Waals surface area contributed by atoms with Crippen LogP contribution in [0.4, 0.5) is 11.4 Å². The third kappa shape index (κ3) is 6.35. The molecule has 0 unspecified atom stereocenters. The lowest BCUT2D eigenvalue weighted by molar-refractivity contribution is -0.120. The number of halogens is 1. The molecule has 1 heterocycles. The maximum atomic E-state index is 13.0. The van der Waals surface area contributed by atoms with Gasteiger partial charge in [0.2, 0.25) is 15.9 Å². The van der Waals surface area contributed by atoms with Crippen LogP contribution in [0, 0.1) is 12.8 Å². The molecule has 2 N–H and O–H groups in total. The number of hydrogen-bond acceptors (Lipinski definition) is 6. The lowest BCUT2D eigenvalue weighted by Crippen LogP contribution is -2.41. The average molecular weight is 594 g/mol. The highest BCUT2D eigenvalue weighted by molar-refractivity contribution is 7.98. The highest BCUT2D eigenvalue weighted by Gasteiger charge is 2.32. The van der Waals surface area contributed by atoms with Crippen molar-refractivity contribution in [1.29, 1.82) is 0 Å². The van der Waals surface area contributed by atoms with E-state index in [0.717, 1.165) is 4.90 Å². The lowest BCUT2D eigenvalue weighted by atomic mass is 9.97. The normalized spacial score (nSPS) is 15.2. The van der Waals surface area contributed by atoms with E-state index in [1.807, 2.05) is 6.26 Å². The first-order valence-electron chi connectivity index (χ1n) is 11.8. The van der Waals surface area contributed by atoms with Gasteiger partial charge in [-0.15, -0.1) is 11.8 Å². The second-order valence-corrected chi connectivity index (χ2v) is 13.8. The van der Waals surface area contributed by atoms with Gasteiger partial charge in [0.15, 0.2) is 0 Å². The van der Waals surface area contributed by atoms with Crippen molar-refractivity contribution in [1.82, 2.24) is 4.31 Å². The van der Waals surface area contributed by atoms with E-state index in [4.69, 9.17) is 11.6 Å². The maximum absolute atomic E-state index is 13.0. The lowest BCUT2D eigenvalue weighted by Gasteiger charge is -2.30. The van der Waals surface area contributed by atoms with Crippen molar-refractivity contribution in [3.8, 4) is 0 Å². The van der Waals surface area contributed by atoms with Gasteiger partial charge in [-0.05, 0) is 92.2 Å². The molecule has 0 aromatic heterocycles. The number of thioether (sulfide) groups is 1. The Morgan fingerprint density at radius 3 is 2.13 bits per heavy atom. The Bertz CT molecular complexity index is 1520. The Morgan fingerprint density at radius 2 is 1.53 bits per heavy atom. The Kier molecular flexibility index (Phi) is 8.73. The van der Waals surface area contributed by atoms with Crippen LogP contribution in [0.15, 0.2) is 81.4 Å². The van der Waals surface area contributed by atoms with E-state index in [2.05, 4.69) is 10.0 Å². The summed E-state index contributed by atoms with van der Waals surface area (Å²) in [5.41, 5.74) is 1.46. The third-order valence-corrected chi connectivity index (χ3v) is 10.9. The number of rotatable bonds is 8. The van der Waals surface area contributed by atoms with Gasteiger partial charge in [-0.25, -0.2) is 16.8 Å². The van der Waals surface area contributed by atoms with Crippen molar-refractivity contribution in [3.63, 3.8) is 0 Å². The summed E-state index contributed by atoms with van der Waals surface area (Å²) in [5, 5.41) is 3.27. The molecule has 12 heteroatoms. The maximum Gasteiger partial charge on any atom is 0.261 e. The van der Waals surface area contributed by atoms with E-state index in [-0.39, 0.29) is 34.7 Å². The summed E-state index contributed by atoms with van der Waals surface area (Å²) >= 11 is 7.62. The number of sulfonamides is 2. The molecule has 0 spiro atoms. The number of nitrogens with one attached hydrogen (secondary N) is 2. The Balaban J connectivity index is 1.35. The van der Waals surface area contributed by atoms with Gasteiger partial charge >= 0.3 is 0 Å². The topological polar surface area (TPSA) is 113 Å². The van der Waals surface area contributed by atoms with E-state index >= 15 is 0 Å². The summed E-state index contributed by atoms with van der Waals surface area (Å²) < 4.78 is 55.5. The predicted molar refractivity (Wildman–Crippen MR) is 152 cm³/mol. The molecule has 38 heavy (non-hydrogen) atoms. The molecule has 202 valence electrons. The Morgan fingerprint density at radius 1 is 0.921 bits per heavy atom. The quantitative estimate of drug-likeness (QED) is 0.347. The van der Waals surface area contributed by atoms with E-state index in [0.29, 0.717) is 34.8 Å². The summed E-state index contributed by atoms with van der Waals surface area (Å²) in [6.45, 7) is 2.22. The molecule has 1 saturated heterocycles. The van der Waals surface area contributed by atoms with E-state index in [1.165, 1.54) is 28.6 Å². The predicted octanol–water partition coefficient (Wildman–Crippen LogP) is 5.21. The summed E-state index contributed by atoms with van der Waals surface area (Å²) in [5.74, 6) is -0.578. The Hall–Kier alpha value is -2.57. The van der Waals surface area contributed by atoms with Crippen molar-refractivity contribution in [2.45, 2.75) is 34.5 Å². The average Bonchev–Trinajstić information content (AvgIpc) is 2.91. The van der Waals surface area contributed by atoms with Gasteiger partial charge in [-0.2, -0.15) is 4.31 Å². The number of nitrogens with zero attached hydrogens (tertiary/aromatic N) is 1. The van der Waals surface area contributed by atoms with Crippen LogP contribution in [0.2, 0.25) is 5.02 Å². The number of benzene rings is 3. The molecule has 0 aliphatic carbocycles. The smallest absolute Gasteiger partial charge is 0.261 e. The number of carbonyl (C=O) groups is 1. The molecule has 0 atom stereocenters. The van der Waals surface area contributed by atoms with Gasteiger partial charge in [-0.1, -0.05) is 17.7 Å². The number of piperidine rings is 1. The second kappa shape index (κ2) is 11.7. The fraction of sp³-hybridized carbons (Fsp3) is 0.269. The summed E-state index contributed by atoms with van der Waals surface area (Å²) in [7, 11) is -7.47. The van der Waals surface area contributed by atoms with Crippen molar-refractivity contribution >= 4 is 60.7 Å². The largest absolute Gasteiger partial charge is 0.326 e. The number of carbonyl (C=O) groups excluding carboxylic acids is 1. The van der Waals surface area contributed by atoms with Crippen molar-refractivity contribution < 1.29 is 21.6 Å². The van der Waals surface area contributed by atoms with Gasteiger partial charge in [-0.3, -0.25) is 9.52 Å². The highest BCUT2D eigenvalue weighted by atomic mass is 35.5. The van der Waals surface area contributed by atoms with Crippen LogP contribution in [-0.4, -0.2) is 46.4 Å². The molecule has 0 saturated carbocycles. The zero-order valence-corrected chi connectivity index (χ0v) is 24.1. The SMILES string of the molecule is CSc1ccc(S(=O)(=O)N2CCC(C(=O)Nc3ccc(S(=O)(=O)Nc4cccc(Cl)c4C)cc3)CC2)cc1. The zero-order chi connectivity index (χ0) is 27.5. The minimum Gasteiger partial charge on any atom is -0.326 e. The minimum atomic E-state index is -3.85. The first-order chi connectivity index (χ1) is 18.0. The first kappa shape index (κ1) is 28.4. The molecule has 0 bridgehead atoms. The van der Waals surface area contributed by atoms with Crippen LogP contribution < -0.4 is 10.0 Å². The van der Waals surface area contributed by atoms with E-state index in [9.17, 15) is 21.6 Å². The van der Waals surface area contributed by atoms with E-state index < -0.39 is 20.0 Å². The highest BCUT2D eigenvalue weighted by Crippen LogP contribution is 2.28. The number of anilines is 2. The third-order valence-electron chi connectivity index (χ3n) is 6.47. The standard InChI is InChI=1S/C26H28ClN3O5S3/c1-18-24(27)4-3-5-25(18)29-37(32,33)22-10-6-20(7-11-22)28-26(31)19-14-16-30(17-15-19)38(34,35)23-12-8-21(36-2)9-13-23/h3-13,19,29H,14-17H2,1-2H3,(H,28,31). The Labute approximate surface area is 232 Å². The first-order valence-corrected chi connectivity index (χ1v) is 16.4. The summed E-state index contributed by atoms with van der Waals surface area (Å²) in [6, 6.07) is 17.6. The second-order valence-electron chi connectivity index (χ2n) is 8.89. The monoisotopic (exact) mass is 593 g/mol. The van der Waals surface area contributed by atoms with Crippen LogP contribution >= 0.6 is 23.4 Å². The molecular weight excluding hydrogens is 566 g/mol. The van der Waals surface area contributed by atoms with Gasteiger partial charge in [0.05, 0.1) is 15.5 Å². The molecular formula is C26H28ClN3O5S3. The van der Waals surface area contributed by atoms with Gasteiger partial charge in [0, 0.05) is 34.6 Å². The zero-order valence-electron chi connectivity index (χ0n) is 20.8. The molecule has 3 aromatic rings. The molecule has 3 aromatic carbocycles. The number of amides is 1. The molecule has 1 fully saturated rings. The van der Waals surface area contributed by atoms with E-state index in [1.54, 1.807) is 61.2 Å². The van der Waals surface area contributed by atoms with Gasteiger partial charge in [0.1, 0.15) is 0 Å². The molecule has 4 rings (SSSR count).